The highest BCUT2D eigenvalue weighted by atomic mass is 15.0. The number of nitrogens with zero attached hydrogens (tertiary/aromatic N) is 4. The van der Waals surface area contributed by atoms with E-state index in [1.165, 1.54) is 5.39 Å². The number of hydrogen-bond acceptors (Lipinski definition) is 4. The summed E-state index contributed by atoms with van der Waals surface area (Å²) in [6.07, 6.45) is 0. The van der Waals surface area contributed by atoms with E-state index in [1.807, 2.05) is 78.9 Å². The molecule has 0 bridgehead atoms. The molecule has 7 aromatic rings. The first-order valence-electron chi connectivity index (χ1n) is 12.2. The molecule has 0 radical (unpaired) electrons. The van der Waals surface area contributed by atoms with Gasteiger partial charge in [0.15, 0.2) is 17.5 Å². The minimum absolute atomic E-state index is 0.626. The lowest BCUT2D eigenvalue weighted by Crippen LogP contribution is -2.00. The Morgan fingerprint density at radius 1 is 0.405 bits per heavy atom. The third-order valence-corrected chi connectivity index (χ3v) is 6.48. The van der Waals surface area contributed by atoms with Crippen molar-refractivity contribution in [3.63, 3.8) is 0 Å². The molecule has 0 amide bonds. The number of fused-ring (bicyclic) bond motifs is 3. The van der Waals surface area contributed by atoms with Gasteiger partial charge < -0.3 is 4.98 Å². The molecule has 1 N–H and O–H groups in total. The maximum atomic E-state index is 4.94. The fraction of sp³-hybridized carbons (Fsp3) is 0. The maximum absolute atomic E-state index is 4.94. The smallest absolute Gasteiger partial charge is 0.164 e. The second-order valence-corrected chi connectivity index (χ2v) is 8.88. The number of pyridine rings is 1. The summed E-state index contributed by atoms with van der Waals surface area (Å²) in [7, 11) is 0. The predicted molar refractivity (Wildman–Crippen MR) is 149 cm³/mol. The second kappa shape index (κ2) is 8.81. The van der Waals surface area contributed by atoms with Crippen molar-refractivity contribution in [3.05, 3.63) is 121 Å². The van der Waals surface area contributed by atoms with Crippen LogP contribution in [0.3, 0.4) is 0 Å². The summed E-state index contributed by atoms with van der Waals surface area (Å²) in [5.41, 5.74) is 6.66. The summed E-state index contributed by atoms with van der Waals surface area (Å²) in [6.45, 7) is 0. The lowest BCUT2D eigenvalue weighted by atomic mass is 10.1. The molecule has 0 aliphatic rings. The van der Waals surface area contributed by atoms with Gasteiger partial charge in [-0.2, -0.15) is 0 Å². The monoisotopic (exact) mass is 475 g/mol. The van der Waals surface area contributed by atoms with Gasteiger partial charge in [0.05, 0.1) is 5.69 Å². The van der Waals surface area contributed by atoms with Gasteiger partial charge in [0.2, 0.25) is 0 Å². The van der Waals surface area contributed by atoms with Gasteiger partial charge in [0.25, 0.3) is 0 Å². The van der Waals surface area contributed by atoms with E-state index < -0.39 is 0 Å². The molecule has 0 atom stereocenters. The Labute approximate surface area is 213 Å². The molecule has 5 heteroatoms. The lowest BCUT2D eigenvalue weighted by Gasteiger charge is -2.09. The molecule has 0 saturated heterocycles. The van der Waals surface area contributed by atoms with Crippen LogP contribution < -0.4 is 0 Å². The number of para-hydroxylation sites is 1. The topological polar surface area (TPSA) is 67.3 Å². The van der Waals surface area contributed by atoms with Gasteiger partial charge in [0.1, 0.15) is 5.65 Å². The van der Waals surface area contributed by atoms with Crippen LogP contribution in [0, 0.1) is 0 Å². The summed E-state index contributed by atoms with van der Waals surface area (Å²) in [4.78, 5) is 22.9. The number of H-pyrrole nitrogens is 1. The van der Waals surface area contributed by atoms with E-state index in [4.69, 9.17) is 19.9 Å². The fourth-order valence-corrected chi connectivity index (χ4v) is 4.64. The van der Waals surface area contributed by atoms with Crippen LogP contribution in [0.15, 0.2) is 121 Å². The van der Waals surface area contributed by atoms with Crippen molar-refractivity contribution >= 4 is 21.9 Å². The zero-order valence-electron chi connectivity index (χ0n) is 19.8. The number of aromatic amines is 1. The van der Waals surface area contributed by atoms with Crippen LogP contribution in [-0.4, -0.2) is 24.9 Å². The summed E-state index contributed by atoms with van der Waals surface area (Å²) < 4.78 is 0. The SMILES string of the molecule is c1ccc(-c2nc(-c3ccccc3)nc(-c3cccc(-c4ccc5c(n4)[nH]c4ccccc45)c3)n2)cc1. The molecule has 0 aliphatic heterocycles. The molecule has 0 unspecified atom stereocenters. The number of hydrogen-bond donors (Lipinski definition) is 1. The maximum Gasteiger partial charge on any atom is 0.164 e. The van der Waals surface area contributed by atoms with E-state index in [2.05, 4.69) is 47.4 Å². The van der Waals surface area contributed by atoms with Crippen molar-refractivity contribution in [2.75, 3.05) is 0 Å². The highest BCUT2D eigenvalue weighted by Gasteiger charge is 2.13. The Kier molecular flexibility index (Phi) is 5.03. The van der Waals surface area contributed by atoms with Gasteiger partial charge in [-0.05, 0) is 24.3 Å². The van der Waals surface area contributed by atoms with Gasteiger partial charge >= 0.3 is 0 Å². The zero-order valence-corrected chi connectivity index (χ0v) is 19.8. The number of nitrogens with one attached hydrogen (secondary N) is 1. The number of aromatic nitrogens is 5. The number of benzene rings is 4. The number of rotatable bonds is 4. The Balaban J connectivity index is 1.35. The van der Waals surface area contributed by atoms with Crippen LogP contribution in [0.4, 0.5) is 0 Å². The van der Waals surface area contributed by atoms with Crippen molar-refractivity contribution in [1.82, 2.24) is 24.9 Å². The fourth-order valence-electron chi connectivity index (χ4n) is 4.64. The van der Waals surface area contributed by atoms with Crippen molar-refractivity contribution in [2.24, 2.45) is 0 Å². The minimum Gasteiger partial charge on any atom is -0.339 e. The zero-order chi connectivity index (χ0) is 24.6. The van der Waals surface area contributed by atoms with Crippen LogP contribution in [0.1, 0.15) is 0 Å². The highest BCUT2D eigenvalue weighted by molar-refractivity contribution is 6.06. The Hall–Kier alpha value is -5.16. The molecule has 5 nitrogen and oxygen atoms in total. The standard InChI is InChI=1S/C32H21N5/c1-3-10-21(11-4-1)29-35-30(22-12-5-2-6-13-22)37-31(36-29)24-15-9-14-23(20-24)27-19-18-26-25-16-7-8-17-28(25)34-32(26)33-27/h1-20H,(H,33,34). The van der Waals surface area contributed by atoms with Gasteiger partial charge in [-0.25, -0.2) is 19.9 Å². The Morgan fingerprint density at radius 2 is 0.973 bits per heavy atom. The van der Waals surface area contributed by atoms with Gasteiger partial charge in [-0.15, -0.1) is 0 Å². The molecule has 174 valence electrons. The quantitative estimate of drug-likeness (QED) is 0.285. The van der Waals surface area contributed by atoms with E-state index in [0.717, 1.165) is 44.5 Å². The summed E-state index contributed by atoms with van der Waals surface area (Å²) in [6, 6.07) is 40.7. The molecule has 3 aromatic heterocycles. The van der Waals surface area contributed by atoms with Gasteiger partial charge in [-0.1, -0.05) is 97.1 Å². The van der Waals surface area contributed by atoms with E-state index in [0.29, 0.717) is 17.5 Å². The largest absolute Gasteiger partial charge is 0.339 e. The molecule has 7 rings (SSSR count). The van der Waals surface area contributed by atoms with Crippen molar-refractivity contribution < 1.29 is 0 Å². The average molecular weight is 476 g/mol. The van der Waals surface area contributed by atoms with E-state index in [9.17, 15) is 0 Å². The second-order valence-electron chi connectivity index (χ2n) is 8.88. The first kappa shape index (κ1) is 21.1. The molecule has 4 aromatic carbocycles. The van der Waals surface area contributed by atoms with Crippen LogP contribution in [0.2, 0.25) is 0 Å². The van der Waals surface area contributed by atoms with Gasteiger partial charge in [0, 0.05) is 38.5 Å². The third kappa shape index (κ3) is 3.93. The molecular weight excluding hydrogens is 454 g/mol. The Bertz CT molecular complexity index is 1820. The molecule has 0 fully saturated rings. The van der Waals surface area contributed by atoms with E-state index >= 15 is 0 Å². The molecule has 0 aliphatic carbocycles. The van der Waals surface area contributed by atoms with Crippen molar-refractivity contribution in [3.8, 4) is 45.4 Å². The first-order chi connectivity index (χ1) is 18.3. The van der Waals surface area contributed by atoms with Crippen LogP contribution >= 0.6 is 0 Å². The van der Waals surface area contributed by atoms with Gasteiger partial charge in [-0.3, -0.25) is 0 Å². The molecule has 3 heterocycles. The summed E-state index contributed by atoms with van der Waals surface area (Å²) in [5.74, 6) is 1.92. The van der Waals surface area contributed by atoms with Crippen molar-refractivity contribution in [1.29, 1.82) is 0 Å². The molecule has 37 heavy (non-hydrogen) atoms. The third-order valence-electron chi connectivity index (χ3n) is 6.48. The minimum atomic E-state index is 0.626. The molecule has 0 saturated carbocycles. The lowest BCUT2D eigenvalue weighted by molar-refractivity contribution is 1.07. The highest BCUT2D eigenvalue weighted by Crippen LogP contribution is 2.30. The van der Waals surface area contributed by atoms with Crippen LogP contribution in [0.25, 0.3) is 67.4 Å². The first-order valence-corrected chi connectivity index (χ1v) is 12.2. The average Bonchev–Trinajstić information content (AvgIpc) is 3.36. The van der Waals surface area contributed by atoms with Crippen LogP contribution in [-0.2, 0) is 0 Å². The van der Waals surface area contributed by atoms with Crippen LogP contribution in [0.5, 0.6) is 0 Å². The summed E-state index contributed by atoms with van der Waals surface area (Å²) >= 11 is 0. The predicted octanol–water partition coefficient (Wildman–Crippen LogP) is 7.57. The summed E-state index contributed by atoms with van der Waals surface area (Å²) in [5, 5.41) is 2.30. The van der Waals surface area contributed by atoms with E-state index in [1.54, 1.807) is 0 Å². The van der Waals surface area contributed by atoms with Crippen molar-refractivity contribution in [2.45, 2.75) is 0 Å². The molecular formula is C32H21N5. The van der Waals surface area contributed by atoms with E-state index in [-0.39, 0.29) is 0 Å². The Morgan fingerprint density at radius 3 is 1.68 bits per heavy atom. The normalized spacial score (nSPS) is 11.2. The molecule has 0 spiro atoms.